The van der Waals surface area contributed by atoms with Crippen LogP contribution in [0.5, 0.6) is 0 Å². The van der Waals surface area contributed by atoms with Gasteiger partial charge in [-0.15, -0.1) is 11.3 Å². The predicted molar refractivity (Wildman–Crippen MR) is 110 cm³/mol. The first kappa shape index (κ1) is 19.0. The summed E-state index contributed by atoms with van der Waals surface area (Å²) in [7, 11) is 0. The summed E-state index contributed by atoms with van der Waals surface area (Å²) in [6.07, 6.45) is 4.91. The first-order chi connectivity index (χ1) is 14.2. The quantitative estimate of drug-likeness (QED) is 0.829. The maximum atomic E-state index is 12.8. The van der Waals surface area contributed by atoms with Crippen molar-refractivity contribution >= 4 is 23.2 Å². The second-order valence-corrected chi connectivity index (χ2v) is 9.18. The SMILES string of the molecule is O=C(c1cccs1)N1CCC2(COCc3cnc(NCC4CCOCC4)nc32)C1. The van der Waals surface area contributed by atoms with E-state index in [4.69, 9.17) is 14.5 Å². The number of hydrogen-bond donors (Lipinski definition) is 1. The number of rotatable bonds is 4. The highest BCUT2D eigenvalue weighted by atomic mass is 32.1. The molecule has 2 aromatic rings. The fraction of sp³-hybridized carbons (Fsp3) is 0.571. The molecule has 3 aliphatic rings. The van der Waals surface area contributed by atoms with E-state index >= 15 is 0 Å². The van der Waals surface area contributed by atoms with Crippen LogP contribution in [0.3, 0.4) is 0 Å². The van der Waals surface area contributed by atoms with E-state index in [2.05, 4.69) is 10.3 Å². The van der Waals surface area contributed by atoms with Gasteiger partial charge in [-0.1, -0.05) is 6.07 Å². The van der Waals surface area contributed by atoms with E-state index in [-0.39, 0.29) is 11.3 Å². The van der Waals surface area contributed by atoms with Crippen LogP contribution < -0.4 is 5.32 Å². The minimum absolute atomic E-state index is 0.107. The van der Waals surface area contributed by atoms with E-state index in [1.54, 1.807) is 0 Å². The first-order valence-electron chi connectivity index (χ1n) is 10.3. The molecule has 3 aliphatic heterocycles. The molecular formula is C21H26N4O3S. The summed E-state index contributed by atoms with van der Waals surface area (Å²) in [5.41, 5.74) is 1.85. The number of ether oxygens (including phenoxy) is 2. The Morgan fingerprint density at radius 3 is 3.07 bits per heavy atom. The number of nitrogens with one attached hydrogen (secondary N) is 1. The number of anilines is 1. The molecule has 1 N–H and O–H groups in total. The van der Waals surface area contributed by atoms with Crippen LogP contribution in [0, 0.1) is 5.92 Å². The molecule has 8 heteroatoms. The van der Waals surface area contributed by atoms with E-state index in [0.717, 1.165) is 61.7 Å². The Hall–Kier alpha value is -2.03. The lowest BCUT2D eigenvalue weighted by Gasteiger charge is -2.34. The summed E-state index contributed by atoms with van der Waals surface area (Å²) in [4.78, 5) is 25.0. The average Bonchev–Trinajstić information content (AvgIpc) is 3.44. The molecule has 1 amide bonds. The van der Waals surface area contributed by atoms with Gasteiger partial charge in [-0.05, 0) is 36.6 Å². The van der Waals surface area contributed by atoms with Gasteiger partial charge in [0.05, 0.1) is 29.2 Å². The normalized spacial score (nSPS) is 24.6. The lowest BCUT2D eigenvalue weighted by Crippen LogP contribution is -2.41. The van der Waals surface area contributed by atoms with Crippen LogP contribution in [0.2, 0.25) is 0 Å². The van der Waals surface area contributed by atoms with Crippen molar-refractivity contribution in [3.05, 3.63) is 39.8 Å². The van der Waals surface area contributed by atoms with Crippen LogP contribution in [0.4, 0.5) is 5.95 Å². The van der Waals surface area contributed by atoms with Crippen LogP contribution in [0.15, 0.2) is 23.7 Å². The number of aromatic nitrogens is 2. The summed E-state index contributed by atoms with van der Waals surface area (Å²) < 4.78 is 11.3. The fourth-order valence-electron chi connectivity index (χ4n) is 4.58. The second-order valence-electron chi connectivity index (χ2n) is 8.23. The van der Waals surface area contributed by atoms with Crippen LogP contribution in [-0.4, -0.2) is 60.2 Å². The Morgan fingerprint density at radius 2 is 2.24 bits per heavy atom. The van der Waals surface area contributed by atoms with Gasteiger partial charge in [-0.2, -0.15) is 0 Å². The third kappa shape index (κ3) is 3.76. The lowest BCUT2D eigenvalue weighted by atomic mass is 9.80. The molecule has 0 bridgehead atoms. The van der Waals surface area contributed by atoms with Gasteiger partial charge in [-0.3, -0.25) is 4.79 Å². The highest BCUT2D eigenvalue weighted by Gasteiger charge is 2.46. The number of hydrogen-bond acceptors (Lipinski definition) is 7. The van der Waals surface area contributed by atoms with E-state index in [0.29, 0.717) is 31.6 Å². The highest BCUT2D eigenvalue weighted by Crippen LogP contribution is 2.39. The van der Waals surface area contributed by atoms with Gasteiger partial charge in [0, 0.05) is 44.6 Å². The highest BCUT2D eigenvalue weighted by molar-refractivity contribution is 7.12. The van der Waals surface area contributed by atoms with Crippen molar-refractivity contribution in [2.45, 2.75) is 31.3 Å². The third-order valence-electron chi connectivity index (χ3n) is 6.27. The molecule has 0 aromatic carbocycles. The van der Waals surface area contributed by atoms with E-state index in [9.17, 15) is 4.79 Å². The molecule has 2 fully saturated rings. The molecule has 5 rings (SSSR count). The van der Waals surface area contributed by atoms with Crippen molar-refractivity contribution in [3.63, 3.8) is 0 Å². The average molecular weight is 415 g/mol. The Balaban J connectivity index is 1.33. The zero-order chi connectivity index (χ0) is 19.7. The number of thiophene rings is 1. The van der Waals surface area contributed by atoms with Gasteiger partial charge in [0.25, 0.3) is 5.91 Å². The molecule has 0 saturated carbocycles. The van der Waals surface area contributed by atoms with Crippen molar-refractivity contribution in [2.24, 2.45) is 5.92 Å². The monoisotopic (exact) mass is 414 g/mol. The molecule has 7 nitrogen and oxygen atoms in total. The van der Waals surface area contributed by atoms with Crippen molar-refractivity contribution in [1.29, 1.82) is 0 Å². The third-order valence-corrected chi connectivity index (χ3v) is 7.12. The molecule has 1 unspecified atom stereocenters. The van der Waals surface area contributed by atoms with E-state index in [1.165, 1.54) is 11.3 Å². The summed E-state index contributed by atoms with van der Waals surface area (Å²) in [6.45, 7) is 5.06. The Bertz CT molecular complexity index is 869. The number of carbonyl (C=O) groups excluding carboxylic acids is 1. The smallest absolute Gasteiger partial charge is 0.263 e. The Kier molecular flexibility index (Phi) is 5.24. The van der Waals surface area contributed by atoms with Crippen molar-refractivity contribution in [3.8, 4) is 0 Å². The van der Waals surface area contributed by atoms with Crippen LogP contribution in [0.1, 0.15) is 40.2 Å². The molecule has 1 spiro atoms. The van der Waals surface area contributed by atoms with Gasteiger partial charge in [0.2, 0.25) is 5.95 Å². The van der Waals surface area contributed by atoms with Gasteiger partial charge in [0.1, 0.15) is 0 Å². The molecule has 2 saturated heterocycles. The Morgan fingerprint density at radius 1 is 1.34 bits per heavy atom. The van der Waals surface area contributed by atoms with E-state index in [1.807, 2.05) is 28.6 Å². The Labute approximate surface area is 174 Å². The molecule has 5 heterocycles. The number of amides is 1. The van der Waals surface area contributed by atoms with Gasteiger partial charge in [-0.25, -0.2) is 9.97 Å². The van der Waals surface area contributed by atoms with Crippen molar-refractivity contribution in [2.75, 3.05) is 44.8 Å². The number of carbonyl (C=O) groups is 1. The second kappa shape index (κ2) is 8.01. The zero-order valence-corrected chi connectivity index (χ0v) is 17.2. The molecule has 154 valence electrons. The maximum Gasteiger partial charge on any atom is 0.263 e. The van der Waals surface area contributed by atoms with Crippen molar-refractivity contribution in [1.82, 2.24) is 14.9 Å². The number of nitrogens with zero attached hydrogens (tertiary/aromatic N) is 3. The minimum atomic E-state index is -0.238. The maximum absolute atomic E-state index is 12.8. The summed E-state index contributed by atoms with van der Waals surface area (Å²) in [5.74, 6) is 1.39. The van der Waals surface area contributed by atoms with Crippen LogP contribution >= 0.6 is 11.3 Å². The standard InChI is InChI=1S/C21H26N4O3S/c26-19(17-2-1-9-29-17)25-6-5-21(13-25)14-28-12-16-11-23-20(24-18(16)21)22-10-15-3-7-27-8-4-15/h1-2,9,11,15H,3-8,10,12-14H2,(H,22,23,24). The topological polar surface area (TPSA) is 76.6 Å². The largest absolute Gasteiger partial charge is 0.381 e. The number of fused-ring (bicyclic) bond motifs is 2. The molecular weight excluding hydrogens is 388 g/mol. The van der Waals surface area contributed by atoms with Gasteiger partial charge < -0.3 is 19.7 Å². The van der Waals surface area contributed by atoms with Gasteiger partial charge in [0.15, 0.2) is 0 Å². The molecule has 0 radical (unpaired) electrons. The number of likely N-dealkylation sites (tertiary alicyclic amines) is 1. The fourth-order valence-corrected chi connectivity index (χ4v) is 5.27. The van der Waals surface area contributed by atoms with Gasteiger partial charge >= 0.3 is 0 Å². The minimum Gasteiger partial charge on any atom is -0.381 e. The van der Waals surface area contributed by atoms with Crippen LogP contribution in [-0.2, 0) is 21.5 Å². The lowest BCUT2D eigenvalue weighted by molar-refractivity contribution is 0.0485. The van der Waals surface area contributed by atoms with Crippen molar-refractivity contribution < 1.29 is 14.3 Å². The molecule has 29 heavy (non-hydrogen) atoms. The van der Waals surface area contributed by atoms with Crippen LogP contribution in [0.25, 0.3) is 0 Å². The predicted octanol–water partition coefficient (Wildman–Crippen LogP) is 2.69. The zero-order valence-electron chi connectivity index (χ0n) is 16.4. The molecule has 1 atom stereocenters. The molecule has 2 aromatic heterocycles. The summed E-state index contributed by atoms with van der Waals surface area (Å²) in [6, 6.07) is 3.82. The van der Waals surface area contributed by atoms with E-state index < -0.39 is 0 Å². The summed E-state index contributed by atoms with van der Waals surface area (Å²) >= 11 is 1.49. The molecule has 0 aliphatic carbocycles. The summed E-state index contributed by atoms with van der Waals surface area (Å²) in [5, 5.41) is 5.38. The first-order valence-corrected chi connectivity index (χ1v) is 11.2.